The molecule has 1 aromatic heterocycles. The Kier molecular flexibility index (Phi) is 4.92. The highest BCUT2D eigenvalue weighted by Gasteiger charge is 1.86. The van der Waals surface area contributed by atoms with Crippen LogP contribution in [0, 0.1) is 0 Å². The number of azo groups is 1. The maximum absolute atomic E-state index is 4.10. The van der Waals surface area contributed by atoms with Crippen LogP contribution in [0.3, 0.4) is 0 Å². The lowest BCUT2D eigenvalue weighted by molar-refractivity contribution is 0.881. The Morgan fingerprint density at radius 1 is 0.737 bits per heavy atom. The van der Waals surface area contributed by atoms with Crippen molar-refractivity contribution in [2.45, 2.75) is 0 Å². The van der Waals surface area contributed by atoms with Gasteiger partial charge in [0.15, 0.2) is 0 Å². The molecule has 3 rings (SSSR count). The van der Waals surface area contributed by atoms with Crippen molar-refractivity contribution < 1.29 is 0 Å². The molecule has 0 atom stereocenters. The number of nitrogens with one attached hydrogen (secondary N) is 1. The zero-order valence-corrected chi connectivity index (χ0v) is 10.1. The fourth-order valence-corrected chi connectivity index (χ4v) is 1.23. The molecule has 6 heteroatoms. The lowest BCUT2D eigenvalue weighted by Gasteiger charge is -1.91. The minimum Gasteiger partial charge on any atom is -0.246 e. The lowest BCUT2D eigenvalue weighted by atomic mass is 10.3. The molecule has 1 N–H and O–H groups in total. The second kappa shape index (κ2) is 7.44. The lowest BCUT2D eigenvalue weighted by Crippen LogP contribution is -1.64. The van der Waals surface area contributed by atoms with Crippen LogP contribution in [-0.2, 0) is 0 Å². The minimum absolute atomic E-state index is 0.872. The summed E-state index contributed by atoms with van der Waals surface area (Å²) >= 11 is 0. The first-order valence-electron chi connectivity index (χ1n) is 5.64. The third kappa shape index (κ3) is 4.86. The Labute approximate surface area is 110 Å². The topological polar surface area (TPSA) is 79.2 Å². The van der Waals surface area contributed by atoms with Crippen LogP contribution in [0.4, 0.5) is 11.4 Å². The number of tetrazole rings is 1. The Morgan fingerprint density at radius 3 is 1.58 bits per heavy atom. The molecular formula is C13H12N6. The fourth-order valence-electron chi connectivity index (χ4n) is 1.23. The highest BCUT2D eigenvalue weighted by molar-refractivity contribution is 5.39. The van der Waals surface area contributed by atoms with Gasteiger partial charge in [-0.25, -0.2) is 5.10 Å². The van der Waals surface area contributed by atoms with Gasteiger partial charge >= 0.3 is 0 Å². The molecule has 0 saturated heterocycles. The zero-order chi connectivity index (χ0) is 13.2. The standard InChI is InChI=1S/C12H10N2.CH2N4/c1-3-7-11(8-4-1)13-14-12-9-5-2-6-10-12;1-2-4-5-3-1/h1-10H;1H,(H,2,3,4,5). The Balaban J connectivity index is 0.000000224. The van der Waals surface area contributed by atoms with Crippen LogP contribution in [0.2, 0.25) is 0 Å². The van der Waals surface area contributed by atoms with E-state index in [2.05, 4.69) is 30.9 Å². The van der Waals surface area contributed by atoms with E-state index < -0.39 is 0 Å². The molecule has 0 aliphatic heterocycles. The summed E-state index contributed by atoms with van der Waals surface area (Å²) in [5.41, 5.74) is 1.74. The summed E-state index contributed by atoms with van der Waals surface area (Å²) in [7, 11) is 0. The summed E-state index contributed by atoms with van der Waals surface area (Å²) in [5, 5.41) is 20.3. The average Bonchev–Trinajstić information content (AvgIpc) is 3.07. The van der Waals surface area contributed by atoms with Crippen LogP contribution < -0.4 is 0 Å². The van der Waals surface area contributed by atoms with Gasteiger partial charge in [-0.2, -0.15) is 10.2 Å². The van der Waals surface area contributed by atoms with Crippen molar-refractivity contribution in [1.82, 2.24) is 20.6 Å². The SMILES string of the molecule is c1ccc(N=Nc2ccccc2)cc1.c1nnn[nH]1. The van der Waals surface area contributed by atoms with Crippen LogP contribution in [0.5, 0.6) is 0 Å². The summed E-state index contributed by atoms with van der Waals surface area (Å²) < 4.78 is 0. The van der Waals surface area contributed by atoms with E-state index in [4.69, 9.17) is 0 Å². The summed E-state index contributed by atoms with van der Waals surface area (Å²) in [5.74, 6) is 0. The van der Waals surface area contributed by atoms with Crippen LogP contribution >= 0.6 is 0 Å². The molecular weight excluding hydrogens is 240 g/mol. The van der Waals surface area contributed by atoms with E-state index in [0.717, 1.165) is 11.4 Å². The Bertz CT molecular complexity index is 518. The molecule has 19 heavy (non-hydrogen) atoms. The van der Waals surface area contributed by atoms with Gasteiger partial charge in [-0.1, -0.05) is 36.4 Å². The number of benzene rings is 2. The second-order valence-electron chi connectivity index (χ2n) is 3.43. The number of aromatic amines is 1. The van der Waals surface area contributed by atoms with E-state index in [1.807, 2.05) is 60.7 Å². The third-order valence-corrected chi connectivity index (χ3v) is 2.06. The van der Waals surface area contributed by atoms with Gasteiger partial charge in [0.1, 0.15) is 6.33 Å². The second-order valence-corrected chi connectivity index (χ2v) is 3.43. The molecule has 0 unspecified atom stereocenters. The molecule has 0 amide bonds. The van der Waals surface area contributed by atoms with Crippen molar-refractivity contribution in [3.05, 3.63) is 67.0 Å². The van der Waals surface area contributed by atoms with Gasteiger partial charge in [0, 0.05) is 0 Å². The number of nitrogens with zero attached hydrogens (tertiary/aromatic N) is 5. The molecule has 0 radical (unpaired) electrons. The molecule has 0 bridgehead atoms. The van der Waals surface area contributed by atoms with E-state index in [1.165, 1.54) is 6.33 Å². The van der Waals surface area contributed by atoms with Crippen LogP contribution in [0.25, 0.3) is 0 Å². The van der Waals surface area contributed by atoms with Gasteiger partial charge < -0.3 is 0 Å². The van der Waals surface area contributed by atoms with Crippen molar-refractivity contribution in [3.63, 3.8) is 0 Å². The third-order valence-electron chi connectivity index (χ3n) is 2.06. The van der Waals surface area contributed by atoms with Crippen molar-refractivity contribution >= 4 is 11.4 Å². The van der Waals surface area contributed by atoms with Crippen molar-refractivity contribution in [2.75, 3.05) is 0 Å². The molecule has 1 heterocycles. The first-order chi connectivity index (χ1) is 9.45. The van der Waals surface area contributed by atoms with E-state index in [9.17, 15) is 0 Å². The van der Waals surface area contributed by atoms with Crippen LogP contribution in [-0.4, -0.2) is 20.6 Å². The molecule has 2 aromatic carbocycles. The predicted octanol–water partition coefficient (Wildman–Crippen LogP) is 3.30. The molecule has 6 nitrogen and oxygen atoms in total. The molecule has 0 fully saturated rings. The maximum atomic E-state index is 4.10. The molecule has 0 aliphatic carbocycles. The summed E-state index contributed by atoms with van der Waals surface area (Å²) in [6, 6.07) is 19.4. The van der Waals surface area contributed by atoms with E-state index in [0.29, 0.717) is 0 Å². The number of hydrogen-bond donors (Lipinski definition) is 1. The van der Waals surface area contributed by atoms with Gasteiger partial charge in [0.05, 0.1) is 11.4 Å². The van der Waals surface area contributed by atoms with E-state index in [1.54, 1.807) is 0 Å². The van der Waals surface area contributed by atoms with Gasteiger partial charge in [-0.05, 0) is 34.7 Å². The Morgan fingerprint density at radius 2 is 1.26 bits per heavy atom. The summed E-state index contributed by atoms with van der Waals surface area (Å²) in [6.45, 7) is 0. The quantitative estimate of drug-likeness (QED) is 0.710. The Hall–Kier alpha value is -2.89. The van der Waals surface area contributed by atoms with Gasteiger partial charge in [0.25, 0.3) is 0 Å². The fraction of sp³-hybridized carbons (Fsp3) is 0. The number of aromatic nitrogens is 4. The highest BCUT2D eigenvalue weighted by Crippen LogP contribution is 2.16. The first kappa shape index (κ1) is 12.6. The molecule has 0 saturated carbocycles. The number of H-pyrrole nitrogens is 1. The van der Waals surface area contributed by atoms with Gasteiger partial charge in [0.2, 0.25) is 0 Å². The zero-order valence-electron chi connectivity index (χ0n) is 10.1. The number of hydrogen-bond acceptors (Lipinski definition) is 5. The first-order valence-corrected chi connectivity index (χ1v) is 5.64. The van der Waals surface area contributed by atoms with Crippen LogP contribution in [0.15, 0.2) is 77.2 Å². The summed E-state index contributed by atoms with van der Waals surface area (Å²) in [4.78, 5) is 0. The molecule has 0 aliphatic rings. The number of rotatable bonds is 2. The van der Waals surface area contributed by atoms with Gasteiger partial charge in [-0.3, -0.25) is 0 Å². The van der Waals surface area contributed by atoms with Crippen molar-refractivity contribution in [2.24, 2.45) is 10.2 Å². The van der Waals surface area contributed by atoms with Gasteiger partial charge in [-0.15, -0.1) is 5.10 Å². The molecule has 0 spiro atoms. The van der Waals surface area contributed by atoms with Crippen molar-refractivity contribution in [1.29, 1.82) is 0 Å². The summed E-state index contributed by atoms with van der Waals surface area (Å²) in [6.07, 6.45) is 1.40. The normalized spacial score (nSPS) is 9.89. The monoisotopic (exact) mass is 252 g/mol. The minimum atomic E-state index is 0.872. The smallest absolute Gasteiger partial charge is 0.135 e. The predicted molar refractivity (Wildman–Crippen MR) is 71.2 cm³/mol. The molecule has 3 aromatic rings. The van der Waals surface area contributed by atoms with E-state index in [-0.39, 0.29) is 0 Å². The van der Waals surface area contributed by atoms with E-state index >= 15 is 0 Å². The highest BCUT2D eigenvalue weighted by atomic mass is 15.5. The maximum Gasteiger partial charge on any atom is 0.135 e. The van der Waals surface area contributed by atoms with Crippen LogP contribution in [0.1, 0.15) is 0 Å². The average molecular weight is 252 g/mol. The molecule has 94 valence electrons. The largest absolute Gasteiger partial charge is 0.246 e. The van der Waals surface area contributed by atoms with Crippen molar-refractivity contribution in [3.8, 4) is 0 Å².